The highest BCUT2D eigenvalue weighted by atomic mass is 15.3. The van der Waals surface area contributed by atoms with E-state index in [0.29, 0.717) is 6.04 Å². The van der Waals surface area contributed by atoms with Gasteiger partial charge in [0, 0.05) is 18.7 Å². The maximum Gasteiger partial charge on any atom is 0.165 e. The molecule has 1 aliphatic heterocycles. The smallest absolute Gasteiger partial charge is 0.165 e. The van der Waals surface area contributed by atoms with E-state index in [1.807, 2.05) is 6.07 Å². The fourth-order valence-corrected chi connectivity index (χ4v) is 2.63. The summed E-state index contributed by atoms with van der Waals surface area (Å²) >= 11 is 0. The SMILES string of the molecule is c1cc(-c2nnc3n2CCNC3C2CC2)cnn1. The van der Waals surface area contributed by atoms with Crippen LogP contribution >= 0.6 is 0 Å². The van der Waals surface area contributed by atoms with Crippen LogP contribution in [-0.2, 0) is 6.54 Å². The third kappa shape index (κ3) is 1.53. The van der Waals surface area contributed by atoms with Gasteiger partial charge in [0.05, 0.1) is 18.4 Å². The molecule has 18 heavy (non-hydrogen) atoms. The van der Waals surface area contributed by atoms with Crippen LogP contribution in [0.2, 0.25) is 0 Å². The van der Waals surface area contributed by atoms with Crippen molar-refractivity contribution in [2.24, 2.45) is 5.92 Å². The van der Waals surface area contributed by atoms with E-state index in [2.05, 4.69) is 30.3 Å². The molecule has 1 aliphatic carbocycles. The maximum absolute atomic E-state index is 4.38. The predicted molar refractivity (Wildman–Crippen MR) is 64.5 cm³/mol. The molecule has 0 amide bonds. The van der Waals surface area contributed by atoms with Gasteiger partial charge in [-0.2, -0.15) is 10.2 Å². The highest BCUT2D eigenvalue weighted by Gasteiger charge is 2.37. The van der Waals surface area contributed by atoms with Crippen molar-refractivity contribution in [2.45, 2.75) is 25.4 Å². The lowest BCUT2D eigenvalue weighted by Crippen LogP contribution is -2.35. The zero-order valence-electron chi connectivity index (χ0n) is 9.95. The van der Waals surface area contributed by atoms with Crippen molar-refractivity contribution in [3.05, 3.63) is 24.3 Å². The molecule has 0 saturated heterocycles. The molecule has 1 atom stereocenters. The molecule has 2 aromatic heterocycles. The first-order valence-corrected chi connectivity index (χ1v) is 6.37. The maximum atomic E-state index is 4.38. The monoisotopic (exact) mass is 242 g/mol. The van der Waals surface area contributed by atoms with Gasteiger partial charge in [0.15, 0.2) is 11.6 Å². The molecule has 6 nitrogen and oxygen atoms in total. The van der Waals surface area contributed by atoms with Gasteiger partial charge < -0.3 is 9.88 Å². The van der Waals surface area contributed by atoms with E-state index in [9.17, 15) is 0 Å². The van der Waals surface area contributed by atoms with E-state index in [1.165, 1.54) is 12.8 Å². The lowest BCUT2D eigenvalue weighted by atomic mass is 10.1. The number of hydrogen-bond acceptors (Lipinski definition) is 5. The lowest BCUT2D eigenvalue weighted by molar-refractivity contribution is 0.383. The van der Waals surface area contributed by atoms with Crippen molar-refractivity contribution in [3.8, 4) is 11.4 Å². The Morgan fingerprint density at radius 3 is 2.94 bits per heavy atom. The van der Waals surface area contributed by atoms with Crippen LogP contribution in [0.1, 0.15) is 24.7 Å². The molecule has 1 unspecified atom stereocenters. The predicted octanol–water partition coefficient (Wildman–Crippen LogP) is 0.789. The van der Waals surface area contributed by atoms with Gasteiger partial charge in [-0.3, -0.25) is 0 Å². The first-order chi connectivity index (χ1) is 8.93. The van der Waals surface area contributed by atoms with E-state index in [1.54, 1.807) is 12.4 Å². The molecule has 4 rings (SSSR count). The summed E-state index contributed by atoms with van der Waals surface area (Å²) in [6.07, 6.45) is 6.04. The number of hydrogen-bond donors (Lipinski definition) is 1. The van der Waals surface area contributed by atoms with Crippen LogP contribution in [0.4, 0.5) is 0 Å². The summed E-state index contributed by atoms with van der Waals surface area (Å²) in [5.74, 6) is 2.74. The van der Waals surface area contributed by atoms with Gasteiger partial charge in [0.2, 0.25) is 0 Å². The summed E-state index contributed by atoms with van der Waals surface area (Å²) in [7, 11) is 0. The average molecular weight is 242 g/mol. The third-order valence-corrected chi connectivity index (χ3v) is 3.69. The molecular formula is C12H14N6. The van der Waals surface area contributed by atoms with Crippen molar-refractivity contribution in [1.29, 1.82) is 0 Å². The van der Waals surface area contributed by atoms with Crippen molar-refractivity contribution >= 4 is 0 Å². The second-order valence-corrected chi connectivity index (χ2v) is 4.93. The molecule has 0 radical (unpaired) electrons. The van der Waals surface area contributed by atoms with Gasteiger partial charge in [0.1, 0.15) is 0 Å². The molecule has 1 saturated carbocycles. The second-order valence-electron chi connectivity index (χ2n) is 4.93. The van der Waals surface area contributed by atoms with Gasteiger partial charge in [0.25, 0.3) is 0 Å². The first kappa shape index (κ1) is 10.1. The Morgan fingerprint density at radius 1 is 1.22 bits per heavy atom. The van der Waals surface area contributed by atoms with E-state index < -0.39 is 0 Å². The number of nitrogens with zero attached hydrogens (tertiary/aromatic N) is 5. The quantitative estimate of drug-likeness (QED) is 0.843. The Kier molecular flexibility index (Phi) is 2.16. The summed E-state index contributed by atoms with van der Waals surface area (Å²) in [6, 6.07) is 2.31. The van der Waals surface area contributed by atoms with Gasteiger partial charge in [-0.25, -0.2) is 0 Å². The molecule has 0 aromatic carbocycles. The summed E-state index contributed by atoms with van der Waals surface area (Å²) in [6.45, 7) is 1.90. The van der Waals surface area contributed by atoms with E-state index in [-0.39, 0.29) is 0 Å². The third-order valence-electron chi connectivity index (χ3n) is 3.69. The molecule has 6 heteroatoms. The van der Waals surface area contributed by atoms with Crippen molar-refractivity contribution in [2.75, 3.05) is 6.54 Å². The number of fused-ring (bicyclic) bond motifs is 1. The van der Waals surface area contributed by atoms with E-state index >= 15 is 0 Å². The summed E-state index contributed by atoms with van der Waals surface area (Å²) in [5, 5.41) is 20.0. The zero-order valence-corrected chi connectivity index (χ0v) is 9.95. The normalized spacial score (nSPS) is 22.8. The Balaban J connectivity index is 1.78. The molecule has 0 bridgehead atoms. The molecular weight excluding hydrogens is 228 g/mol. The molecule has 2 aromatic rings. The van der Waals surface area contributed by atoms with Crippen molar-refractivity contribution < 1.29 is 0 Å². The topological polar surface area (TPSA) is 68.5 Å². The molecule has 3 heterocycles. The standard InChI is InChI=1S/C12H14N6/c1-2-8(1)10-12-17-16-11(18(12)6-5-13-10)9-3-4-14-15-7-9/h3-4,7-8,10,13H,1-2,5-6H2. The van der Waals surface area contributed by atoms with E-state index in [4.69, 9.17) is 0 Å². The minimum atomic E-state index is 0.384. The first-order valence-electron chi connectivity index (χ1n) is 6.37. The van der Waals surface area contributed by atoms with Crippen LogP contribution < -0.4 is 5.32 Å². The van der Waals surface area contributed by atoms with Crippen molar-refractivity contribution in [1.82, 2.24) is 30.3 Å². The Hall–Kier alpha value is -1.82. The highest BCUT2D eigenvalue weighted by Crippen LogP contribution is 2.41. The zero-order chi connectivity index (χ0) is 11.9. The number of rotatable bonds is 2. The minimum absolute atomic E-state index is 0.384. The fourth-order valence-electron chi connectivity index (χ4n) is 2.63. The Labute approximate surface area is 104 Å². The van der Waals surface area contributed by atoms with E-state index in [0.717, 1.165) is 36.2 Å². The highest BCUT2D eigenvalue weighted by molar-refractivity contribution is 5.53. The molecule has 92 valence electrons. The van der Waals surface area contributed by atoms with Crippen LogP contribution in [0.25, 0.3) is 11.4 Å². The largest absolute Gasteiger partial charge is 0.308 e. The summed E-state index contributed by atoms with van der Waals surface area (Å²) in [4.78, 5) is 0. The summed E-state index contributed by atoms with van der Waals surface area (Å²) < 4.78 is 2.22. The average Bonchev–Trinajstić information content (AvgIpc) is 3.18. The van der Waals surface area contributed by atoms with Crippen LogP contribution in [0.3, 0.4) is 0 Å². The number of aromatic nitrogens is 5. The summed E-state index contributed by atoms with van der Waals surface area (Å²) in [5.41, 5.74) is 0.986. The fraction of sp³-hybridized carbons (Fsp3) is 0.500. The second kappa shape index (κ2) is 3.84. The number of nitrogens with one attached hydrogen (secondary N) is 1. The van der Waals surface area contributed by atoms with Crippen LogP contribution in [-0.4, -0.2) is 31.5 Å². The van der Waals surface area contributed by atoms with Gasteiger partial charge in [-0.15, -0.1) is 10.2 Å². The molecule has 0 spiro atoms. The minimum Gasteiger partial charge on any atom is -0.308 e. The Morgan fingerprint density at radius 2 is 2.17 bits per heavy atom. The van der Waals surface area contributed by atoms with Gasteiger partial charge in [-0.05, 0) is 24.8 Å². The van der Waals surface area contributed by atoms with Gasteiger partial charge >= 0.3 is 0 Å². The lowest BCUT2D eigenvalue weighted by Gasteiger charge is -2.24. The van der Waals surface area contributed by atoms with Crippen LogP contribution in [0.15, 0.2) is 18.5 Å². The van der Waals surface area contributed by atoms with Gasteiger partial charge in [-0.1, -0.05) is 0 Å². The molecule has 1 N–H and O–H groups in total. The molecule has 1 fully saturated rings. The van der Waals surface area contributed by atoms with Crippen LogP contribution in [0, 0.1) is 5.92 Å². The molecule has 2 aliphatic rings. The van der Waals surface area contributed by atoms with Crippen LogP contribution in [0.5, 0.6) is 0 Å². The van der Waals surface area contributed by atoms with Crippen molar-refractivity contribution in [3.63, 3.8) is 0 Å². The Bertz CT molecular complexity index is 559.